The maximum atomic E-state index is 13.5. The minimum atomic E-state index is -4.04. The number of aryl methyl sites for hydroxylation is 3. The van der Waals surface area contributed by atoms with Gasteiger partial charge >= 0.3 is 11.6 Å². The summed E-state index contributed by atoms with van der Waals surface area (Å²) in [6, 6.07) is 16.8. The summed E-state index contributed by atoms with van der Waals surface area (Å²) in [7, 11) is -4.04. The molecule has 4 aromatic rings. The summed E-state index contributed by atoms with van der Waals surface area (Å²) in [4.78, 5) is 25.6. The molecule has 1 N–H and O–H groups in total. The van der Waals surface area contributed by atoms with Crippen LogP contribution in [0.3, 0.4) is 0 Å². The summed E-state index contributed by atoms with van der Waals surface area (Å²) in [5, 5.41) is 0.481. The summed E-state index contributed by atoms with van der Waals surface area (Å²) in [6.45, 7) is 7.01. The predicted molar refractivity (Wildman–Crippen MR) is 133 cm³/mol. The van der Waals surface area contributed by atoms with E-state index in [9.17, 15) is 18.0 Å². The zero-order valence-corrected chi connectivity index (χ0v) is 20.6. The molecule has 7 nitrogen and oxygen atoms in total. The Kier molecular flexibility index (Phi) is 6.60. The molecule has 0 saturated heterocycles. The Morgan fingerprint density at radius 1 is 0.886 bits per heavy atom. The molecule has 0 spiro atoms. The number of rotatable bonds is 6. The fourth-order valence-electron chi connectivity index (χ4n) is 3.77. The first-order chi connectivity index (χ1) is 16.6. The maximum absolute atomic E-state index is 13.5. The van der Waals surface area contributed by atoms with Gasteiger partial charge < -0.3 is 9.15 Å². The largest absolute Gasteiger partial charge is 0.424 e. The number of hydrogen-bond donors (Lipinski definition) is 1. The first-order valence-corrected chi connectivity index (χ1v) is 12.5. The van der Waals surface area contributed by atoms with Crippen LogP contribution in [-0.2, 0) is 14.8 Å². The highest BCUT2D eigenvalue weighted by Crippen LogP contribution is 2.32. The van der Waals surface area contributed by atoms with Crippen LogP contribution in [0, 0.1) is 27.7 Å². The summed E-state index contributed by atoms with van der Waals surface area (Å²) in [5.74, 6) is -0.633. The van der Waals surface area contributed by atoms with Crippen molar-refractivity contribution in [1.82, 2.24) is 4.72 Å². The van der Waals surface area contributed by atoms with Crippen molar-refractivity contribution < 1.29 is 22.4 Å². The molecule has 3 aromatic carbocycles. The molecule has 1 aromatic heterocycles. The lowest BCUT2D eigenvalue weighted by Gasteiger charge is -2.19. The van der Waals surface area contributed by atoms with E-state index in [-0.39, 0.29) is 16.2 Å². The Labute approximate surface area is 203 Å². The number of fused-ring (bicyclic) bond motifs is 1. The van der Waals surface area contributed by atoms with Crippen molar-refractivity contribution in [2.24, 2.45) is 0 Å². The van der Waals surface area contributed by atoms with Gasteiger partial charge in [0.2, 0.25) is 10.0 Å². The third-order valence-corrected chi connectivity index (χ3v) is 7.28. The second kappa shape index (κ2) is 9.48. The third-order valence-electron chi connectivity index (χ3n) is 5.84. The molecule has 0 fully saturated rings. The van der Waals surface area contributed by atoms with Crippen molar-refractivity contribution in [3.63, 3.8) is 0 Å². The highest BCUT2D eigenvalue weighted by molar-refractivity contribution is 7.89. The van der Waals surface area contributed by atoms with E-state index in [1.807, 2.05) is 6.92 Å². The van der Waals surface area contributed by atoms with Gasteiger partial charge in [-0.25, -0.2) is 18.0 Å². The summed E-state index contributed by atoms with van der Waals surface area (Å²) in [5.41, 5.74) is 2.89. The van der Waals surface area contributed by atoms with Crippen molar-refractivity contribution in [1.29, 1.82) is 0 Å². The van der Waals surface area contributed by atoms with Crippen molar-refractivity contribution >= 4 is 27.0 Å². The van der Waals surface area contributed by atoms with Crippen LogP contribution in [-0.4, -0.2) is 14.4 Å². The van der Waals surface area contributed by atoms with Gasteiger partial charge in [0.15, 0.2) is 0 Å². The lowest BCUT2D eigenvalue weighted by Crippen LogP contribution is -2.36. The maximum Gasteiger partial charge on any atom is 0.339 e. The molecule has 4 rings (SSSR count). The van der Waals surface area contributed by atoms with E-state index < -0.39 is 27.7 Å². The number of carbonyl (C=O) groups is 1. The zero-order chi connectivity index (χ0) is 25.3. The number of carbonyl (C=O) groups excluding carboxylic acids is 1. The van der Waals surface area contributed by atoms with Gasteiger partial charge in [-0.15, -0.1) is 0 Å². The number of nitrogens with one attached hydrogen (secondary N) is 1. The van der Waals surface area contributed by atoms with Gasteiger partial charge in [-0.2, -0.15) is 4.72 Å². The molecule has 1 unspecified atom stereocenters. The lowest BCUT2D eigenvalue weighted by atomic mass is 10.0. The molecule has 0 radical (unpaired) electrons. The Hall–Kier alpha value is -3.75. The zero-order valence-electron chi connectivity index (χ0n) is 19.8. The molecule has 8 heteroatoms. The third kappa shape index (κ3) is 5.03. The van der Waals surface area contributed by atoms with Gasteiger partial charge in [-0.3, -0.25) is 0 Å². The van der Waals surface area contributed by atoms with Gasteiger partial charge in [-0.05, 0) is 68.7 Å². The SMILES string of the molecule is Cc1ccc(S(=O)(=O)NC(C(=O)Oc2cc(C)cc3oc(=O)c(C)c(C)c23)c2ccccc2)cc1. The minimum Gasteiger partial charge on any atom is -0.424 e. The van der Waals surface area contributed by atoms with Crippen LogP contribution >= 0.6 is 0 Å². The monoisotopic (exact) mass is 491 g/mol. The molecule has 0 aliphatic carbocycles. The van der Waals surface area contributed by atoms with E-state index >= 15 is 0 Å². The lowest BCUT2D eigenvalue weighted by molar-refractivity contribution is -0.136. The molecular formula is C27H25NO6S. The number of esters is 1. The standard InChI is InChI=1S/C27H25NO6S/c1-16-10-12-21(13-11-16)35(31,32)28-25(20-8-6-5-7-9-20)27(30)34-23-15-17(2)14-22-24(23)18(3)19(4)26(29)33-22/h5-15,25,28H,1-4H3. The van der Waals surface area contributed by atoms with Crippen LogP contribution in [0.25, 0.3) is 11.0 Å². The number of ether oxygens (including phenoxy) is 1. The molecule has 35 heavy (non-hydrogen) atoms. The molecule has 180 valence electrons. The molecule has 0 aliphatic rings. The van der Waals surface area contributed by atoms with Crippen LogP contribution in [0.5, 0.6) is 5.75 Å². The molecule has 0 aliphatic heterocycles. The van der Waals surface area contributed by atoms with Crippen LogP contribution in [0.2, 0.25) is 0 Å². The van der Waals surface area contributed by atoms with Gasteiger partial charge in [0.25, 0.3) is 0 Å². The van der Waals surface area contributed by atoms with E-state index in [4.69, 9.17) is 9.15 Å². The van der Waals surface area contributed by atoms with Crippen LogP contribution in [0.1, 0.15) is 33.9 Å². The normalized spacial score (nSPS) is 12.5. The van der Waals surface area contributed by atoms with Gasteiger partial charge in [-0.1, -0.05) is 48.0 Å². The van der Waals surface area contributed by atoms with E-state index in [0.717, 1.165) is 5.56 Å². The molecule has 0 amide bonds. The minimum absolute atomic E-state index is 0.0334. The van der Waals surface area contributed by atoms with Crippen LogP contribution in [0.4, 0.5) is 0 Å². The van der Waals surface area contributed by atoms with Crippen LogP contribution < -0.4 is 15.1 Å². The molecule has 1 atom stereocenters. The Bertz CT molecular complexity index is 1570. The second-order valence-corrected chi connectivity index (χ2v) is 10.2. The van der Waals surface area contributed by atoms with Crippen molar-refractivity contribution in [2.45, 2.75) is 38.6 Å². The van der Waals surface area contributed by atoms with E-state index in [2.05, 4.69) is 4.72 Å². The first kappa shape index (κ1) is 24.4. The highest BCUT2D eigenvalue weighted by atomic mass is 32.2. The van der Waals surface area contributed by atoms with Crippen LogP contribution in [0.15, 0.2) is 80.8 Å². The average Bonchev–Trinajstić information content (AvgIpc) is 2.81. The Morgan fingerprint density at radius 3 is 2.20 bits per heavy atom. The predicted octanol–water partition coefficient (Wildman–Crippen LogP) is 4.65. The van der Waals surface area contributed by atoms with Crippen molar-refractivity contribution in [2.75, 3.05) is 0 Å². The fourth-order valence-corrected chi connectivity index (χ4v) is 4.95. The van der Waals surface area contributed by atoms with Crippen molar-refractivity contribution in [3.8, 4) is 5.75 Å². The number of sulfonamides is 1. The van der Waals surface area contributed by atoms with Gasteiger partial charge in [0, 0.05) is 5.56 Å². The smallest absolute Gasteiger partial charge is 0.339 e. The Morgan fingerprint density at radius 2 is 1.54 bits per heavy atom. The quantitative estimate of drug-likeness (QED) is 0.239. The summed E-state index contributed by atoms with van der Waals surface area (Å²) >= 11 is 0. The molecule has 0 bridgehead atoms. The molecule has 0 saturated carbocycles. The Balaban J connectivity index is 1.77. The first-order valence-electron chi connectivity index (χ1n) is 11.0. The number of benzene rings is 3. The summed E-state index contributed by atoms with van der Waals surface area (Å²) in [6.07, 6.45) is 0. The van der Waals surface area contributed by atoms with Gasteiger partial charge in [0.1, 0.15) is 17.4 Å². The van der Waals surface area contributed by atoms with Crippen molar-refractivity contribution in [3.05, 3.63) is 105 Å². The molecule has 1 heterocycles. The van der Waals surface area contributed by atoms with E-state index in [1.54, 1.807) is 75.4 Å². The van der Waals surface area contributed by atoms with E-state index in [1.165, 1.54) is 12.1 Å². The number of hydrogen-bond acceptors (Lipinski definition) is 6. The van der Waals surface area contributed by atoms with Gasteiger partial charge in [0.05, 0.1) is 10.3 Å². The second-order valence-electron chi connectivity index (χ2n) is 8.47. The molecular weight excluding hydrogens is 466 g/mol. The average molecular weight is 492 g/mol. The van der Waals surface area contributed by atoms with E-state index in [0.29, 0.717) is 27.6 Å². The summed E-state index contributed by atoms with van der Waals surface area (Å²) < 4.78 is 39.9. The highest BCUT2D eigenvalue weighted by Gasteiger charge is 2.30. The fraction of sp³-hybridized carbons (Fsp3) is 0.185. The topological polar surface area (TPSA) is 103 Å².